The number of hydrogen-bond acceptors (Lipinski definition) is 2. The third kappa shape index (κ3) is 1.38. The van der Waals surface area contributed by atoms with Gasteiger partial charge in [0.15, 0.2) is 5.11 Å². The molecule has 1 heterocycles. The van der Waals surface area contributed by atoms with Crippen molar-refractivity contribution >= 4 is 34.8 Å². The van der Waals surface area contributed by atoms with Gasteiger partial charge in [-0.05, 0) is 12.2 Å². The largest absolute Gasteiger partial charge is 0.360 e. The number of halogens is 1. The van der Waals surface area contributed by atoms with E-state index in [1.54, 1.807) is 0 Å². The number of nitrogens with one attached hydrogen (secondary N) is 1. The Kier molecular flexibility index (Phi) is 2.45. The van der Waals surface area contributed by atoms with Gasteiger partial charge in [-0.2, -0.15) is 0 Å². The minimum absolute atomic E-state index is 0.00181. The lowest BCUT2D eigenvalue weighted by atomic mass is 10.5. The van der Waals surface area contributed by atoms with Crippen LogP contribution in [0.25, 0.3) is 0 Å². The maximum Gasteiger partial charge on any atom is 0.243 e. The SMILES string of the molecule is O=C(CCl)N1CCNC1=S. The molecule has 56 valence electrons. The molecule has 1 amide bonds. The van der Waals surface area contributed by atoms with Crippen molar-refractivity contribution in [1.82, 2.24) is 10.2 Å². The molecule has 0 spiro atoms. The van der Waals surface area contributed by atoms with Crippen LogP contribution < -0.4 is 5.32 Å². The van der Waals surface area contributed by atoms with Crippen LogP contribution in [0.4, 0.5) is 0 Å². The molecule has 0 aliphatic carbocycles. The van der Waals surface area contributed by atoms with Gasteiger partial charge in [-0.25, -0.2) is 0 Å². The first-order chi connectivity index (χ1) is 4.75. The van der Waals surface area contributed by atoms with Gasteiger partial charge in [-0.1, -0.05) is 0 Å². The minimum Gasteiger partial charge on any atom is -0.360 e. The number of alkyl halides is 1. The normalized spacial score (nSPS) is 17.3. The van der Waals surface area contributed by atoms with Crippen molar-refractivity contribution in [1.29, 1.82) is 0 Å². The zero-order valence-corrected chi connectivity index (χ0v) is 6.84. The fraction of sp³-hybridized carbons (Fsp3) is 0.600. The molecule has 0 aromatic carbocycles. The summed E-state index contributed by atoms with van der Waals surface area (Å²) in [6.45, 7) is 1.38. The average Bonchev–Trinajstić information content (AvgIpc) is 2.34. The standard InChI is InChI=1S/C5H7ClN2OS/c6-3-4(9)8-2-1-7-5(8)10/h1-3H2,(H,7,10). The van der Waals surface area contributed by atoms with Gasteiger partial charge in [0.1, 0.15) is 5.88 Å². The summed E-state index contributed by atoms with van der Waals surface area (Å²) in [5, 5.41) is 3.35. The van der Waals surface area contributed by atoms with Crippen molar-refractivity contribution in [2.45, 2.75) is 0 Å². The van der Waals surface area contributed by atoms with Crippen LogP contribution in [0.3, 0.4) is 0 Å². The van der Waals surface area contributed by atoms with E-state index < -0.39 is 0 Å². The molecule has 1 aliphatic rings. The number of thiocarbonyl (C=S) groups is 1. The predicted octanol–water partition coefficient (Wildman–Crippen LogP) is -0.0581. The van der Waals surface area contributed by atoms with Gasteiger partial charge in [0.25, 0.3) is 0 Å². The Hall–Kier alpha value is -0.350. The summed E-state index contributed by atoms with van der Waals surface area (Å²) in [5.41, 5.74) is 0. The highest BCUT2D eigenvalue weighted by atomic mass is 35.5. The first-order valence-corrected chi connectivity index (χ1v) is 3.84. The third-order valence-corrected chi connectivity index (χ3v) is 1.87. The van der Waals surface area contributed by atoms with E-state index in [2.05, 4.69) is 5.32 Å². The van der Waals surface area contributed by atoms with Crippen LogP contribution in [-0.2, 0) is 4.79 Å². The lowest BCUT2D eigenvalue weighted by Crippen LogP contribution is -2.34. The molecule has 0 aromatic rings. The quantitative estimate of drug-likeness (QED) is 0.451. The molecule has 0 unspecified atom stereocenters. The van der Waals surface area contributed by atoms with Gasteiger partial charge < -0.3 is 5.32 Å². The fourth-order valence-corrected chi connectivity index (χ4v) is 1.22. The topological polar surface area (TPSA) is 32.3 Å². The van der Waals surface area contributed by atoms with Crippen LogP contribution in [-0.4, -0.2) is 34.9 Å². The molecule has 0 radical (unpaired) electrons. The van der Waals surface area contributed by atoms with E-state index >= 15 is 0 Å². The summed E-state index contributed by atoms with van der Waals surface area (Å²) in [4.78, 5) is 12.4. The molecule has 1 rings (SSSR count). The second kappa shape index (κ2) is 3.16. The van der Waals surface area contributed by atoms with Crippen molar-refractivity contribution in [3.8, 4) is 0 Å². The minimum atomic E-state index is -0.128. The number of rotatable bonds is 1. The molecule has 1 fully saturated rings. The molecule has 10 heavy (non-hydrogen) atoms. The van der Waals surface area contributed by atoms with E-state index in [0.717, 1.165) is 6.54 Å². The third-order valence-electron chi connectivity index (χ3n) is 1.27. The van der Waals surface area contributed by atoms with E-state index in [1.165, 1.54) is 4.90 Å². The summed E-state index contributed by atoms with van der Waals surface area (Å²) in [6, 6.07) is 0. The van der Waals surface area contributed by atoms with E-state index in [4.69, 9.17) is 23.8 Å². The predicted molar refractivity (Wildman–Crippen MR) is 43.0 cm³/mol. The Morgan fingerprint density at radius 2 is 2.60 bits per heavy atom. The highest BCUT2D eigenvalue weighted by Gasteiger charge is 2.21. The smallest absolute Gasteiger partial charge is 0.243 e. The van der Waals surface area contributed by atoms with Crippen molar-refractivity contribution in [2.75, 3.05) is 19.0 Å². The van der Waals surface area contributed by atoms with Crippen molar-refractivity contribution in [2.24, 2.45) is 0 Å². The van der Waals surface area contributed by atoms with Gasteiger partial charge in [0, 0.05) is 13.1 Å². The summed E-state index contributed by atoms with van der Waals surface area (Å²) in [5.74, 6) is -0.126. The molecule has 1 aliphatic heterocycles. The van der Waals surface area contributed by atoms with Crippen LogP contribution in [0.2, 0.25) is 0 Å². The zero-order valence-electron chi connectivity index (χ0n) is 5.26. The van der Waals surface area contributed by atoms with E-state index in [9.17, 15) is 4.79 Å². The molecule has 0 saturated carbocycles. The van der Waals surface area contributed by atoms with Gasteiger partial charge >= 0.3 is 0 Å². The zero-order chi connectivity index (χ0) is 7.56. The molecule has 1 saturated heterocycles. The second-order valence-electron chi connectivity index (χ2n) is 1.91. The van der Waals surface area contributed by atoms with Crippen LogP contribution >= 0.6 is 23.8 Å². The number of hydrogen-bond donors (Lipinski definition) is 1. The summed E-state index contributed by atoms with van der Waals surface area (Å²) in [6.07, 6.45) is 0. The van der Waals surface area contributed by atoms with Crippen molar-refractivity contribution in [3.05, 3.63) is 0 Å². The highest BCUT2D eigenvalue weighted by Crippen LogP contribution is 1.98. The fourth-order valence-electron chi connectivity index (χ4n) is 0.782. The molecule has 0 bridgehead atoms. The Labute approximate surface area is 69.3 Å². The number of carbonyl (C=O) groups excluding carboxylic acids is 1. The Morgan fingerprint density at radius 3 is 3.00 bits per heavy atom. The first kappa shape index (κ1) is 7.75. The summed E-state index contributed by atoms with van der Waals surface area (Å²) >= 11 is 10.1. The van der Waals surface area contributed by atoms with Gasteiger partial charge in [-0.15, -0.1) is 11.6 Å². The van der Waals surface area contributed by atoms with Crippen LogP contribution in [0, 0.1) is 0 Å². The summed E-state index contributed by atoms with van der Waals surface area (Å²) in [7, 11) is 0. The Balaban J connectivity index is 2.55. The Bertz CT molecular complexity index is 173. The number of amides is 1. The monoisotopic (exact) mass is 178 g/mol. The molecular weight excluding hydrogens is 172 g/mol. The van der Waals surface area contributed by atoms with E-state index in [1.807, 2.05) is 0 Å². The van der Waals surface area contributed by atoms with Crippen molar-refractivity contribution in [3.63, 3.8) is 0 Å². The second-order valence-corrected chi connectivity index (χ2v) is 2.56. The molecule has 5 heteroatoms. The maximum atomic E-state index is 10.9. The van der Waals surface area contributed by atoms with Gasteiger partial charge in [-0.3, -0.25) is 9.69 Å². The van der Waals surface area contributed by atoms with Crippen LogP contribution in [0.15, 0.2) is 0 Å². The van der Waals surface area contributed by atoms with Crippen LogP contribution in [0.1, 0.15) is 0 Å². The average molecular weight is 179 g/mol. The van der Waals surface area contributed by atoms with Gasteiger partial charge in [0.05, 0.1) is 0 Å². The van der Waals surface area contributed by atoms with Crippen molar-refractivity contribution < 1.29 is 4.79 Å². The number of nitrogens with zero attached hydrogens (tertiary/aromatic N) is 1. The first-order valence-electron chi connectivity index (χ1n) is 2.90. The number of carbonyl (C=O) groups is 1. The van der Waals surface area contributed by atoms with Gasteiger partial charge in [0.2, 0.25) is 5.91 Å². The summed E-state index contributed by atoms with van der Waals surface area (Å²) < 4.78 is 0. The lowest BCUT2D eigenvalue weighted by Gasteiger charge is -2.11. The molecule has 3 nitrogen and oxygen atoms in total. The maximum absolute atomic E-state index is 10.9. The molecular formula is C5H7ClN2OS. The molecule has 0 atom stereocenters. The lowest BCUT2D eigenvalue weighted by molar-refractivity contribution is -0.124. The highest BCUT2D eigenvalue weighted by molar-refractivity contribution is 7.80. The molecule has 0 aromatic heterocycles. The Morgan fingerprint density at radius 1 is 1.90 bits per heavy atom. The van der Waals surface area contributed by atoms with E-state index in [0.29, 0.717) is 11.7 Å². The molecule has 1 N–H and O–H groups in total. The van der Waals surface area contributed by atoms with E-state index in [-0.39, 0.29) is 11.8 Å². The van der Waals surface area contributed by atoms with Crippen LogP contribution in [0.5, 0.6) is 0 Å².